The van der Waals surface area contributed by atoms with Gasteiger partial charge in [-0.2, -0.15) is 0 Å². The van der Waals surface area contributed by atoms with E-state index in [-0.39, 0.29) is 19.6 Å². The van der Waals surface area contributed by atoms with Gasteiger partial charge < -0.3 is 14.2 Å². The second-order valence-corrected chi connectivity index (χ2v) is 5.16. The number of nitrogens with zero attached hydrogens (tertiary/aromatic N) is 1. The molecule has 0 aliphatic carbocycles. The monoisotopic (exact) mass is 336 g/mol. The van der Waals surface area contributed by atoms with Gasteiger partial charge in [-0.05, 0) is 31.2 Å². The molecular weight excluding hydrogens is 316 g/mol. The summed E-state index contributed by atoms with van der Waals surface area (Å²) in [6.07, 6.45) is -0.00377. The maximum Gasteiger partial charge on any atom is 0.311 e. The molecule has 8 heteroatoms. The van der Waals surface area contributed by atoms with E-state index < -0.39 is 23.7 Å². The minimum Gasteiger partial charge on any atom is -0.494 e. The Hall–Kier alpha value is -2.77. The minimum absolute atomic E-state index is 0.00377. The van der Waals surface area contributed by atoms with Crippen molar-refractivity contribution in [3.63, 3.8) is 0 Å². The third-order valence-corrected chi connectivity index (χ3v) is 3.43. The van der Waals surface area contributed by atoms with Gasteiger partial charge >= 0.3 is 5.97 Å². The maximum absolute atomic E-state index is 12.2. The number of ether oxygens (including phenoxy) is 3. The number of carbonyl (C=O) groups excluding carboxylic acids is 3. The van der Waals surface area contributed by atoms with Crippen molar-refractivity contribution in [2.24, 2.45) is 5.92 Å². The van der Waals surface area contributed by atoms with Crippen molar-refractivity contribution in [1.82, 2.24) is 10.4 Å². The number of carbonyl (C=O) groups is 3. The highest BCUT2D eigenvalue weighted by atomic mass is 16.5. The molecule has 2 amide bonds. The highest BCUT2D eigenvalue weighted by Crippen LogP contribution is 2.18. The predicted molar refractivity (Wildman–Crippen MR) is 83.1 cm³/mol. The van der Waals surface area contributed by atoms with Gasteiger partial charge in [0, 0.05) is 6.42 Å². The van der Waals surface area contributed by atoms with E-state index in [4.69, 9.17) is 9.47 Å². The van der Waals surface area contributed by atoms with Crippen LogP contribution in [0.5, 0.6) is 11.5 Å². The van der Waals surface area contributed by atoms with E-state index in [1.54, 1.807) is 24.3 Å². The average Bonchev–Trinajstić information content (AvgIpc) is 2.59. The van der Waals surface area contributed by atoms with Gasteiger partial charge in [0.05, 0.1) is 26.2 Å². The maximum atomic E-state index is 12.2. The third-order valence-electron chi connectivity index (χ3n) is 3.43. The van der Waals surface area contributed by atoms with Crippen LogP contribution in [0.4, 0.5) is 0 Å². The number of hydrogen-bond acceptors (Lipinski definition) is 6. The molecule has 1 heterocycles. The fourth-order valence-corrected chi connectivity index (χ4v) is 2.26. The predicted octanol–water partition coefficient (Wildman–Crippen LogP) is 0.517. The molecule has 1 atom stereocenters. The van der Waals surface area contributed by atoms with Crippen LogP contribution in [0.1, 0.15) is 13.3 Å². The van der Waals surface area contributed by atoms with Gasteiger partial charge in [-0.15, -0.1) is 0 Å². The van der Waals surface area contributed by atoms with Crippen molar-refractivity contribution >= 4 is 17.8 Å². The van der Waals surface area contributed by atoms with E-state index in [0.717, 1.165) is 5.01 Å². The number of methoxy groups -OCH3 is 1. The minimum atomic E-state index is -0.668. The standard InChI is InChI=1S/C16H20N2O6/c1-3-23-12-4-6-13(7-5-12)24-10-15(20)18-9-11(16(21)22-2)8-14(19)17-18/h4-7,11H,3,8-10H2,1-2H3,(H,17,19). The van der Waals surface area contributed by atoms with E-state index in [9.17, 15) is 14.4 Å². The van der Waals surface area contributed by atoms with Crippen LogP contribution in [0, 0.1) is 5.92 Å². The van der Waals surface area contributed by atoms with E-state index in [0.29, 0.717) is 18.1 Å². The van der Waals surface area contributed by atoms with E-state index in [1.807, 2.05) is 6.92 Å². The van der Waals surface area contributed by atoms with Gasteiger partial charge in [-0.3, -0.25) is 24.8 Å². The molecule has 1 aliphatic heterocycles. The molecule has 130 valence electrons. The summed E-state index contributed by atoms with van der Waals surface area (Å²) in [5.41, 5.74) is 2.42. The van der Waals surface area contributed by atoms with Crippen molar-refractivity contribution in [3.8, 4) is 11.5 Å². The Morgan fingerprint density at radius 3 is 2.42 bits per heavy atom. The normalized spacial score (nSPS) is 17.0. The quantitative estimate of drug-likeness (QED) is 0.761. The lowest BCUT2D eigenvalue weighted by molar-refractivity contribution is -0.157. The molecule has 1 aliphatic rings. The van der Waals surface area contributed by atoms with Gasteiger partial charge in [0.25, 0.3) is 5.91 Å². The zero-order valence-corrected chi connectivity index (χ0v) is 13.6. The number of hydrogen-bond donors (Lipinski definition) is 1. The number of amides is 2. The summed E-state index contributed by atoms with van der Waals surface area (Å²) >= 11 is 0. The van der Waals surface area contributed by atoms with E-state index in [1.165, 1.54) is 7.11 Å². The lowest BCUT2D eigenvalue weighted by atomic mass is 10.0. The summed E-state index contributed by atoms with van der Waals surface area (Å²) in [4.78, 5) is 35.3. The summed E-state index contributed by atoms with van der Waals surface area (Å²) in [5.74, 6) is -0.842. The topological polar surface area (TPSA) is 94.2 Å². The first kappa shape index (κ1) is 17.6. The molecule has 1 aromatic carbocycles. The molecular formula is C16H20N2O6. The number of rotatable bonds is 6. The van der Waals surface area contributed by atoms with Crippen molar-refractivity contribution in [1.29, 1.82) is 0 Å². The molecule has 2 rings (SSSR count). The van der Waals surface area contributed by atoms with Crippen LogP contribution in [-0.4, -0.2) is 49.7 Å². The van der Waals surface area contributed by atoms with Crippen molar-refractivity contribution in [3.05, 3.63) is 24.3 Å². The van der Waals surface area contributed by atoms with Crippen LogP contribution >= 0.6 is 0 Å². The number of hydrazine groups is 1. The highest BCUT2D eigenvalue weighted by Gasteiger charge is 2.33. The fourth-order valence-electron chi connectivity index (χ4n) is 2.26. The molecule has 1 N–H and O–H groups in total. The summed E-state index contributed by atoms with van der Waals surface area (Å²) in [5, 5.41) is 1.09. The molecule has 0 aromatic heterocycles. The Kier molecular flexibility index (Phi) is 6.00. The van der Waals surface area contributed by atoms with Gasteiger partial charge in [-0.1, -0.05) is 0 Å². The Morgan fingerprint density at radius 2 is 1.83 bits per heavy atom. The lowest BCUT2D eigenvalue weighted by Crippen LogP contribution is -2.55. The number of benzene rings is 1. The Balaban J connectivity index is 1.89. The van der Waals surface area contributed by atoms with Crippen LogP contribution in [0.2, 0.25) is 0 Å². The summed E-state index contributed by atoms with van der Waals surface area (Å²) in [6, 6.07) is 6.84. The van der Waals surface area contributed by atoms with Crippen molar-refractivity contribution in [2.75, 3.05) is 26.9 Å². The first-order valence-corrected chi connectivity index (χ1v) is 7.56. The molecule has 0 radical (unpaired) electrons. The first-order valence-electron chi connectivity index (χ1n) is 7.56. The second kappa shape index (κ2) is 8.19. The van der Waals surface area contributed by atoms with Gasteiger partial charge in [0.15, 0.2) is 6.61 Å². The molecule has 24 heavy (non-hydrogen) atoms. The molecule has 0 bridgehead atoms. The Morgan fingerprint density at radius 1 is 1.21 bits per heavy atom. The van der Waals surface area contributed by atoms with Gasteiger partial charge in [0.2, 0.25) is 5.91 Å². The average molecular weight is 336 g/mol. The van der Waals surface area contributed by atoms with Crippen LogP contribution < -0.4 is 14.9 Å². The van der Waals surface area contributed by atoms with Crippen LogP contribution in [0.25, 0.3) is 0 Å². The summed E-state index contributed by atoms with van der Waals surface area (Å²) in [6.45, 7) is 2.25. The van der Waals surface area contributed by atoms with E-state index in [2.05, 4.69) is 10.2 Å². The SMILES string of the molecule is CCOc1ccc(OCC(=O)N2CC(C(=O)OC)CC(=O)N2)cc1. The largest absolute Gasteiger partial charge is 0.494 e. The fraction of sp³-hybridized carbons (Fsp3) is 0.438. The lowest BCUT2D eigenvalue weighted by Gasteiger charge is -2.31. The van der Waals surface area contributed by atoms with E-state index >= 15 is 0 Å². The zero-order chi connectivity index (χ0) is 17.5. The Labute approximate surface area is 139 Å². The third kappa shape index (κ3) is 4.61. The molecule has 1 aromatic rings. The zero-order valence-electron chi connectivity index (χ0n) is 13.6. The molecule has 8 nitrogen and oxygen atoms in total. The summed E-state index contributed by atoms with van der Waals surface area (Å²) in [7, 11) is 1.25. The smallest absolute Gasteiger partial charge is 0.311 e. The van der Waals surface area contributed by atoms with Crippen molar-refractivity contribution in [2.45, 2.75) is 13.3 Å². The second-order valence-electron chi connectivity index (χ2n) is 5.16. The van der Waals surface area contributed by atoms with Gasteiger partial charge in [0.1, 0.15) is 11.5 Å². The molecule has 0 spiro atoms. The summed E-state index contributed by atoms with van der Waals surface area (Å²) < 4.78 is 15.3. The highest BCUT2D eigenvalue weighted by molar-refractivity contribution is 5.88. The Bertz CT molecular complexity index is 601. The van der Waals surface area contributed by atoms with Crippen molar-refractivity contribution < 1.29 is 28.6 Å². The van der Waals surface area contributed by atoms with Crippen LogP contribution in [-0.2, 0) is 19.1 Å². The molecule has 1 fully saturated rings. The number of nitrogens with one attached hydrogen (secondary N) is 1. The molecule has 1 unspecified atom stereocenters. The van der Waals surface area contributed by atoms with Crippen LogP contribution in [0.3, 0.4) is 0 Å². The molecule has 0 saturated carbocycles. The number of esters is 1. The van der Waals surface area contributed by atoms with Gasteiger partial charge in [-0.25, -0.2) is 0 Å². The first-order chi connectivity index (χ1) is 11.5. The molecule has 1 saturated heterocycles. The van der Waals surface area contributed by atoms with Crippen LogP contribution in [0.15, 0.2) is 24.3 Å².